The van der Waals surface area contributed by atoms with Crippen LogP contribution in [0.1, 0.15) is 45.2 Å². The zero-order valence-electron chi connectivity index (χ0n) is 11.0. The molecule has 0 heterocycles. The van der Waals surface area contributed by atoms with Gasteiger partial charge in [-0.05, 0) is 25.3 Å². The van der Waals surface area contributed by atoms with Gasteiger partial charge in [0.05, 0.1) is 6.04 Å². The number of amides is 1. The number of nitrogens with one attached hydrogen (secondary N) is 1. The molecule has 2 nitrogen and oxygen atoms in total. The van der Waals surface area contributed by atoms with Crippen LogP contribution in [0.3, 0.4) is 0 Å². The third-order valence-corrected chi connectivity index (χ3v) is 2.76. The van der Waals surface area contributed by atoms with Crippen LogP contribution in [0.4, 0.5) is 8.78 Å². The second-order valence-corrected chi connectivity index (χ2v) is 4.89. The fourth-order valence-corrected chi connectivity index (χ4v) is 1.66. The lowest BCUT2D eigenvalue weighted by Gasteiger charge is -2.15. The molecular weight excluding hydrogens is 236 g/mol. The van der Waals surface area contributed by atoms with E-state index in [1.807, 2.05) is 13.8 Å². The van der Waals surface area contributed by atoms with Crippen LogP contribution < -0.4 is 5.32 Å². The molecular formula is C14H19F2NO. The molecule has 1 unspecified atom stereocenters. The van der Waals surface area contributed by atoms with Gasteiger partial charge in [-0.1, -0.05) is 19.9 Å². The molecule has 0 aromatic heterocycles. The fourth-order valence-electron chi connectivity index (χ4n) is 1.66. The number of rotatable bonds is 5. The van der Waals surface area contributed by atoms with Crippen molar-refractivity contribution in [3.8, 4) is 0 Å². The predicted octanol–water partition coefficient (Wildman–Crippen LogP) is 3.58. The molecule has 1 atom stereocenters. The number of hydrogen-bond acceptors (Lipinski definition) is 1. The molecule has 1 N–H and O–H groups in total. The Morgan fingerprint density at radius 2 is 1.94 bits per heavy atom. The van der Waals surface area contributed by atoms with Crippen molar-refractivity contribution >= 4 is 5.91 Å². The van der Waals surface area contributed by atoms with E-state index in [1.54, 1.807) is 6.92 Å². The van der Waals surface area contributed by atoms with Gasteiger partial charge in [-0.2, -0.15) is 0 Å². The number of benzene rings is 1. The summed E-state index contributed by atoms with van der Waals surface area (Å²) < 4.78 is 26.2. The number of halogens is 2. The van der Waals surface area contributed by atoms with Gasteiger partial charge in [-0.15, -0.1) is 0 Å². The summed E-state index contributed by atoms with van der Waals surface area (Å²) in [7, 11) is 0. The van der Waals surface area contributed by atoms with Crippen molar-refractivity contribution in [2.75, 3.05) is 0 Å². The van der Waals surface area contributed by atoms with Gasteiger partial charge in [0.2, 0.25) is 5.91 Å². The van der Waals surface area contributed by atoms with Gasteiger partial charge in [0.25, 0.3) is 0 Å². The molecule has 0 aliphatic carbocycles. The summed E-state index contributed by atoms with van der Waals surface area (Å²) in [5.41, 5.74) is 0.300. The molecule has 100 valence electrons. The summed E-state index contributed by atoms with van der Waals surface area (Å²) in [5, 5.41) is 2.71. The lowest BCUT2D eigenvalue weighted by atomic mass is 10.1. The Kier molecular flexibility index (Phi) is 5.25. The second kappa shape index (κ2) is 6.47. The average molecular weight is 255 g/mol. The Morgan fingerprint density at radius 1 is 1.28 bits per heavy atom. The van der Waals surface area contributed by atoms with E-state index in [2.05, 4.69) is 5.32 Å². The zero-order valence-corrected chi connectivity index (χ0v) is 11.0. The highest BCUT2D eigenvalue weighted by Gasteiger charge is 2.14. The van der Waals surface area contributed by atoms with Crippen LogP contribution in [0, 0.1) is 17.6 Å². The highest BCUT2D eigenvalue weighted by molar-refractivity contribution is 5.76. The molecule has 0 aliphatic heterocycles. The van der Waals surface area contributed by atoms with Gasteiger partial charge in [0.15, 0.2) is 0 Å². The highest BCUT2D eigenvalue weighted by Crippen LogP contribution is 2.18. The minimum Gasteiger partial charge on any atom is -0.349 e. The molecule has 0 aliphatic rings. The van der Waals surface area contributed by atoms with E-state index >= 15 is 0 Å². The summed E-state index contributed by atoms with van der Waals surface area (Å²) in [4.78, 5) is 11.6. The average Bonchev–Trinajstić information content (AvgIpc) is 2.26. The molecule has 0 spiro atoms. The van der Waals surface area contributed by atoms with E-state index in [9.17, 15) is 13.6 Å². The van der Waals surface area contributed by atoms with E-state index < -0.39 is 17.7 Å². The largest absolute Gasteiger partial charge is 0.349 e. The summed E-state index contributed by atoms with van der Waals surface area (Å²) in [5.74, 6) is -0.908. The van der Waals surface area contributed by atoms with Crippen LogP contribution in [-0.4, -0.2) is 5.91 Å². The topological polar surface area (TPSA) is 29.1 Å². The van der Waals surface area contributed by atoms with Crippen LogP contribution in [0.5, 0.6) is 0 Å². The lowest BCUT2D eigenvalue weighted by Crippen LogP contribution is -2.27. The molecule has 18 heavy (non-hydrogen) atoms. The molecule has 1 rings (SSSR count). The quantitative estimate of drug-likeness (QED) is 0.856. The maximum absolute atomic E-state index is 13.5. The second-order valence-electron chi connectivity index (χ2n) is 4.89. The number of carbonyl (C=O) groups excluding carboxylic acids is 1. The number of carbonyl (C=O) groups is 1. The van der Waals surface area contributed by atoms with Crippen LogP contribution in [-0.2, 0) is 4.79 Å². The predicted molar refractivity (Wildman–Crippen MR) is 67.0 cm³/mol. The van der Waals surface area contributed by atoms with E-state index in [0.717, 1.165) is 12.5 Å². The summed E-state index contributed by atoms with van der Waals surface area (Å²) in [6, 6.07) is 2.92. The van der Waals surface area contributed by atoms with E-state index in [0.29, 0.717) is 17.9 Å². The molecule has 0 saturated carbocycles. The fraction of sp³-hybridized carbons (Fsp3) is 0.500. The Balaban J connectivity index is 2.59. The normalized spacial score (nSPS) is 12.6. The lowest BCUT2D eigenvalue weighted by molar-refractivity contribution is -0.122. The van der Waals surface area contributed by atoms with Gasteiger partial charge in [0, 0.05) is 18.1 Å². The Bertz CT molecular complexity index is 418. The van der Waals surface area contributed by atoms with Crippen LogP contribution >= 0.6 is 0 Å². The first kappa shape index (κ1) is 14.6. The van der Waals surface area contributed by atoms with E-state index in [1.165, 1.54) is 12.1 Å². The van der Waals surface area contributed by atoms with Crippen molar-refractivity contribution in [1.82, 2.24) is 5.32 Å². The first-order valence-electron chi connectivity index (χ1n) is 6.14. The van der Waals surface area contributed by atoms with Crippen LogP contribution in [0.2, 0.25) is 0 Å². The Hall–Kier alpha value is -1.45. The van der Waals surface area contributed by atoms with Crippen LogP contribution in [0.25, 0.3) is 0 Å². The van der Waals surface area contributed by atoms with Crippen molar-refractivity contribution in [2.45, 2.75) is 39.7 Å². The SMILES string of the molecule is CC(C)CCC(=O)NC(C)c1ccc(F)cc1F. The van der Waals surface area contributed by atoms with Gasteiger partial charge in [-0.25, -0.2) is 8.78 Å². The van der Waals surface area contributed by atoms with Gasteiger partial charge < -0.3 is 5.32 Å². The number of hydrogen-bond donors (Lipinski definition) is 1. The van der Waals surface area contributed by atoms with Crippen LogP contribution in [0.15, 0.2) is 18.2 Å². The van der Waals surface area contributed by atoms with Crippen molar-refractivity contribution in [3.63, 3.8) is 0 Å². The summed E-state index contributed by atoms with van der Waals surface area (Å²) in [6.07, 6.45) is 1.22. The Labute approximate surface area is 106 Å². The van der Waals surface area contributed by atoms with Gasteiger partial charge in [-0.3, -0.25) is 4.79 Å². The molecule has 1 aromatic carbocycles. The molecule has 0 fully saturated rings. The van der Waals surface area contributed by atoms with E-state index in [-0.39, 0.29) is 5.91 Å². The van der Waals surface area contributed by atoms with Crippen molar-refractivity contribution in [1.29, 1.82) is 0 Å². The minimum atomic E-state index is -0.633. The highest BCUT2D eigenvalue weighted by atomic mass is 19.1. The third-order valence-electron chi connectivity index (χ3n) is 2.76. The van der Waals surface area contributed by atoms with Crippen molar-refractivity contribution in [3.05, 3.63) is 35.4 Å². The summed E-state index contributed by atoms with van der Waals surface area (Å²) >= 11 is 0. The van der Waals surface area contributed by atoms with Gasteiger partial charge in [0.1, 0.15) is 11.6 Å². The molecule has 4 heteroatoms. The zero-order chi connectivity index (χ0) is 13.7. The first-order chi connectivity index (χ1) is 8.40. The minimum absolute atomic E-state index is 0.111. The molecule has 1 amide bonds. The summed E-state index contributed by atoms with van der Waals surface area (Å²) in [6.45, 7) is 5.76. The van der Waals surface area contributed by atoms with Crippen molar-refractivity contribution < 1.29 is 13.6 Å². The van der Waals surface area contributed by atoms with Crippen molar-refractivity contribution in [2.24, 2.45) is 5.92 Å². The third kappa shape index (κ3) is 4.43. The first-order valence-corrected chi connectivity index (χ1v) is 6.14. The maximum atomic E-state index is 13.5. The molecule has 1 aromatic rings. The molecule has 0 bridgehead atoms. The van der Waals surface area contributed by atoms with Gasteiger partial charge >= 0.3 is 0 Å². The monoisotopic (exact) mass is 255 g/mol. The maximum Gasteiger partial charge on any atom is 0.220 e. The Morgan fingerprint density at radius 3 is 2.50 bits per heavy atom. The smallest absolute Gasteiger partial charge is 0.220 e. The van der Waals surface area contributed by atoms with E-state index in [4.69, 9.17) is 0 Å². The molecule has 0 saturated heterocycles. The standard InChI is InChI=1S/C14H19F2NO/c1-9(2)4-7-14(18)17-10(3)12-6-5-11(15)8-13(12)16/h5-6,8-10H,4,7H2,1-3H3,(H,17,18). The molecule has 0 radical (unpaired) electrons.